The molecule has 8 aliphatic heterocycles. The molecule has 0 unspecified atom stereocenters. The summed E-state index contributed by atoms with van der Waals surface area (Å²) in [5.41, 5.74) is 0. The second kappa shape index (κ2) is 35.1. The van der Waals surface area contributed by atoms with Crippen molar-refractivity contribution in [2.75, 3.05) is 52.9 Å². The Hall–Kier alpha value is -3.11. The first kappa shape index (κ1) is 80.6. The van der Waals surface area contributed by atoms with Crippen LogP contribution in [-0.2, 0) is 85.4 Å². The zero-order valence-corrected chi connectivity index (χ0v) is 52.4. The van der Waals surface area contributed by atoms with E-state index in [4.69, 9.17) is 71.1 Å². The molecule has 8 fully saturated rings. The van der Waals surface area contributed by atoms with Crippen LogP contribution >= 0.6 is 0 Å². The number of ether oxygens (including phenoxy) is 15. The molecule has 26 N–H and O–H groups in total. The number of hydrogen-bond acceptors (Lipinski definition) is 41. The predicted octanol–water partition coefficient (Wildman–Crippen LogP) is -18.0. The van der Waals surface area contributed by atoms with Gasteiger partial charge < -0.3 is 204 Å². The van der Waals surface area contributed by atoms with Crippen LogP contribution in [0.25, 0.3) is 0 Å². The third-order valence-corrected chi connectivity index (χ3v) is 17.8. The molecule has 8 saturated heterocycles. The van der Waals surface area contributed by atoms with Gasteiger partial charge in [0.1, 0.15) is 195 Å². The SMILES string of the molecule is CC(=O)N[C@@H]1[C@@H](O)[C@H](O[C@@H]2O[C@H](CO)[C@@H](O[C@@H]3O[C@H](CO[C@H]4O[C@H](CO[C@H]5O[C@H](CO)[C@@H](O)[C@H](O)[C@@H]5O)[C@@H](O)[C@H](O)[C@@H]4O[C@@H]4O[C@H](CO)[C@@H](O)[C@H](O)[C@H]4NC(C)=O)[C@@H](O)[C@H](O[C@H]4O[C@H](CO)[C@@H](O)[C@H](O)[C@@H]4O[C@H]4O[C@H](CO)[C@@H](O)[C@H](O)[C@@H]4O)[C@@H]3O)[C@H](O)[C@H]2NC(C)=O)[C@@H](CO)O[C@H]1O. The lowest BCUT2D eigenvalue weighted by atomic mass is 9.94. The van der Waals surface area contributed by atoms with Gasteiger partial charge in [0, 0.05) is 20.8 Å². The number of carbonyl (C=O) groups is 3. The van der Waals surface area contributed by atoms with Crippen LogP contribution in [0.5, 0.6) is 0 Å². The third kappa shape index (κ3) is 17.6. The van der Waals surface area contributed by atoms with E-state index in [-0.39, 0.29) is 0 Å². The fraction of sp³-hybridized carbons (Fsp3) is 0.944. The van der Waals surface area contributed by atoms with Gasteiger partial charge in [0.05, 0.1) is 52.9 Å². The minimum atomic E-state index is -2.51. The molecule has 40 atom stereocenters. The highest BCUT2D eigenvalue weighted by molar-refractivity contribution is 5.74. The van der Waals surface area contributed by atoms with Gasteiger partial charge in [-0.25, -0.2) is 0 Å². The minimum absolute atomic E-state index is 0.770. The molecule has 8 aliphatic rings. The molecule has 44 nitrogen and oxygen atoms in total. The van der Waals surface area contributed by atoms with E-state index in [1.54, 1.807) is 0 Å². The lowest BCUT2D eigenvalue weighted by molar-refractivity contribution is -0.399. The van der Waals surface area contributed by atoms with E-state index in [1.807, 2.05) is 0 Å². The highest BCUT2D eigenvalue weighted by Crippen LogP contribution is 2.38. The first-order chi connectivity index (χ1) is 46.3. The lowest BCUT2D eigenvalue weighted by Gasteiger charge is -2.51. The lowest BCUT2D eigenvalue weighted by Crippen LogP contribution is -2.70. The molecule has 0 saturated carbocycles. The van der Waals surface area contributed by atoms with Crippen LogP contribution in [0.2, 0.25) is 0 Å². The van der Waals surface area contributed by atoms with Gasteiger partial charge in [-0.2, -0.15) is 0 Å². The normalized spacial score (nSPS) is 49.5. The van der Waals surface area contributed by atoms with Crippen LogP contribution in [0.4, 0.5) is 0 Å². The van der Waals surface area contributed by atoms with E-state index in [9.17, 15) is 132 Å². The van der Waals surface area contributed by atoms with Crippen LogP contribution in [0.15, 0.2) is 0 Å². The largest absolute Gasteiger partial charge is 0.394 e. The van der Waals surface area contributed by atoms with E-state index >= 15 is 0 Å². The van der Waals surface area contributed by atoms with Crippen molar-refractivity contribution in [2.24, 2.45) is 0 Å². The third-order valence-electron chi connectivity index (χ3n) is 17.8. The van der Waals surface area contributed by atoms with Gasteiger partial charge in [0.2, 0.25) is 17.7 Å². The van der Waals surface area contributed by atoms with Gasteiger partial charge in [-0.1, -0.05) is 0 Å². The van der Waals surface area contributed by atoms with E-state index in [0.29, 0.717) is 0 Å². The van der Waals surface area contributed by atoms with Crippen molar-refractivity contribution in [1.29, 1.82) is 0 Å². The Morgan fingerprint density at radius 1 is 0.265 bits per heavy atom. The Morgan fingerprint density at radius 2 is 0.571 bits per heavy atom. The Balaban J connectivity index is 1.15. The van der Waals surface area contributed by atoms with Gasteiger partial charge >= 0.3 is 0 Å². The molecule has 0 bridgehead atoms. The average Bonchev–Trinajstić information content (AvgIpc) is 0.783. The van der Waals surface area contributed by atoms with Crippen LogP contribution in [-0.4, -0.2) is 433 Å². The Labute approximate surface area is 554 Å². The van der Waals surface area contributed by atoms with Crippen LogP contribution in [0.1, 0.15) is 20.8 Å². The van der Waals surface area contributed by atoms with Crippen molar-refractivity contribution in [2.45, 2.75) is 266 Å². The van der Waals surface area contributed by atoms with Crippen LogP contribution in [0, 0.1) is 0 Å². The molecule has 98 heavy (non-hydrogen) atoms. The van der Waals surface area contributed by atoms with Crippen molar-refractivity contribution in [3.63, 3.8) is 0 Å². The molecule has 0 aromatic heterocycles. The summed E-state index contributed by atoms with van der Waals surface area (Å²) in [5, 5.41) is 259. The number of carbonyl (C=O) groups excluding carboxylic acids is 3. The molecule has 0 spiro atoms. The number of amides is 3. The summed E-state index contributed by atoms with van der Waals surface area (Å²) < 4.78 is 87.8. The summed E-state index contributed by atoms with van der Waals surface area (Å²) in [7, 11) is 0. The summed E-state index contributed by atoms with van der Waals surface area (Å²) in [4.78, 5) is 37.4. The summed E-state index contributed by atoms with van der Waals surface area (Å²) in [6.07, 6.45) is -75.9. The van der Waals surface area contributed by atoms with E-state index in [0.717, 1.165) is 20.8 Å². The number of hydrogen-bond donors (Lipinski definition) is 26. The molecule has 44 heteroatoms. The standard InChI is InChI=1S/C54H91N3O41/c1-12(64)55-23-33(74)42(19(8-62)86-47(23)83)94-49-25(57-14(3)66)34(75)43(20(9-63)91-49)95-52-41(82)44(96-54-46(37(78)29(70)18(7-61)90-54)98-51-40(81)36(77)28(69)17(6-60)89-51)31(72)22(92-52)11-85-53-45(97-48-24(56-13(2)65)32(73)26(67)15(4-58)87-48)38(79)30(71)21(93-53)10-84-50-39(80)35(76)27(68)16(5-59)88-50/h15-54,58-63,67-83H,4-11H2,1-3H3,(H,55,64)(H,56,65)(H,57,66)/t15-,16-,17-,18-,19-,20-,21-,22-,23-,24-,25-,26-,27-,28-,29-,30-,31-,32-,33-,34-,35+,36+,37+,38+,39+,40+,41+,42-,43-,44+,45+,46+,47-,48+,49+,50+,51-,52+,53+,54-/m1/s1. The van der Waals surface area contributed by atoms with Gasteiger partial charge in [0.25, 0.3) is 0 Å². The van der Waals surface area contributed by atoms with Crippen molar-refractivity contribution < 1.29 is 203 Å². The first-order valence-electron chi connectivity index (χ1n) is 31.1. The summed E-state index contributed by atoms with van der Waals surface area (Å²) in [6, 6.07) is -5.27. The second-order valence-electron chi connectivity index (χ2n) is 24.7. The molecule has 568 valence electrons. The zero-order valence-electron chi connectivity index (χ0n) is 52.4. The zero-order chi connectivity index (χ0) is 72.2. The molecule has 0 aliphatic carbocycles. The smallest absolute Gasteiger partial charge is 0.217 e. The highest BCUT2D eigenvalue weighted by atomic mass is 16.8. The fourth-order valence-electron chi connectivity index (χ4n) is 12.5. The fourth-order valence-corrected chi connectivity index (χ4v) is 12.5. The molecular weight excluding hydrogens is 1350 g/mol. The maximum Gasteiger partial charge on any atom is 0.217 e. The van der Waals surface area contributed by atoms with Gasteiger partial charge in [-0.05, 0) is 0 Å². The monoisotopic (exact) mass is 1440 g/mol. The van der Waals surface area contributed by atoms with Gasteiger partial charge in [-0.15, -0.1) is 0 Å². The first-order valence-corrected chi connectivity index (χ1v) is 31.1. The highest BCUT2D eigenvalue weighted by Gasteiger charge is 2.59. The predicted molar refractivity (Wildman–Crippen MR) is 299 cm³/mol. The van der Waals surface area contributed by atoms with Crippen molar-refractivity contribution in [3.8, 4) is 0 Å². The summed E-state index contributed by atoms with van der Waals surface area (Å²) >= 11 is 0. The Bertz CT molecular complexity index is 2510. The molecule has 8 heterocycles. The van der Waals surface area contributed by atoms with Crippen molar-refractivity contribution in [3.05, 3.63) is 0 Å². The topological polar surface area (TPSA) is 691 Å². The minimum Gasteiger partial charge on any atom is -0.394 e. The second-order valence-corrected chi connectivity index (χ2v) is 24.7. The van der Waals surface area contributed by atoms with Gasteiger partial charge in [0.15, 0.2) is 50.3 Å². The quantitative estimate of drug-likeness (QED) is 0.0404. The summed E-state index contributed by atoms with van der Waals surface area (Å²) in [5.74, 6) is -2.55. The summed E-state index contributed by atoms with van der Waals surface area (Å²) in [6.45, 7) is -5.35. The Morgan fingerprint density at radius 3 is 1.08 bits per heavy atom. The van der Waals surface area contributed by atoms with Crippen molar-refractivity contribution in [1.82, 2.24) is 16.0 Å². The average molecular weight is 1440 g/mol. The maximum absolute atomic E-state index is 12.9. The van der Waals surface area contributed by atoms with Crippen molar-refractivity contribution >= 4 is 17.7 Å². The molecular formula is C54H91N3O41. The number of aliphatic hydroxyl groups is 23. The van der Waals surface area contributed by atoms with Crippen LogP contribution < -0.4 is 16.0 Å². The molecule has 8 rings (SSSR count). The maximum atomic E-state index is 12.9. The molecule has 0 aromatic rings. The molecule has 0 aromatic carbocycles. The number of rotatable bonds is 25. The Kier molecular flexibility index (Phi) is 28.9. The molecule has 3 amide bonds. The van der Waals surface area contributed by atoms with Crippen LogP contribution in [0.3, 0.4) is 0 Å². The molecule has 0 radical (unpaired) electrons. The van der Waals surface area contributed by atoms with E-state index in [2.05, 4.69) is 16.0 Å². The van der Waals surface area contributed by atoms with E-state index < -0.39 is 316 Å². The number of aliphatic hydroxyl groups excluding tert-OH is 23. The van der Waals surface area contributed by atoms with Gasteiger partial charge in [-0.3, -0.25) is 14.4 Å². The number of nitrogens with one attached hydrogen (secondary N) is 3. The van der Waals surface area contributed by atoms with E-state index in [1.165, 1.54) is 0 Å².